The number of allylic oxidation sites excluding steroid dienone is 5. The molecule has 0 aromatic heterocycles. The van der Waals surface area contributed by atoms with Gasteiger partial charge in [0, 0.05) is 29.8 Å². The van der Waals surface area contributed by atoms with Crippen LogP contribution in [-0.4, -0.2) is 82.4 Å². The summed E-state index contributed by atoms with van der Waals surface area (Å²) in [5.74, 6) is -3.22. The smallest absolute Gasteiger partial charge is 0.390 e. The predicted molar refractivity (Wildman–Crippen MR) is 183 cm³/mol. The van der Waals surface area contributed by atoms with Crippen molar-refractivity contribution < 1.29 is 47.7 Å². The van der Waals surface area contributed by atoms with E-state index in [2.05, 4.69) is 17.0 Å². The summed E-state index contributed by atoms with van der Waals surface area (Å²) in [5, 5.41) is 28.5. The number of ketones is 2. The van der Waals surface area contributed by atoms with Gasteiger partial charge in [0.2, 0.25) is 5.91 Å². The maximum atomic E-state index is 17.4. The van der Waals surface area contributed by atoms with Crippen molar-refractivity contribution in [1.29, 1.82) is 0 Å². The van der Waals surface area contributed by atoms with Gasteiger partial charge in [-0.25, -0.2) is 14.0 Å². The number of nitrogens with one attached hydrogen (secondary N) is 2. The summed E-state index contributed by atoms with van der Waals surface area (Å²) >= 11 is 0. The highest BCUT2D eigenvalue weighted by Gasteiger charge is 2.75. The maximum absolute atomic E-state index is 17.4. The largest absolute Gasteiger partial charge is 0.403 e. The van der Waals surface area contributed by atoms with E-state index in [1.54, 1.807) is 26.8 Å². The van der Waals surface area contributed by atoms with Crippen LogP contribution in [0.5, 0.6) is 0 Å². The molecule has 1 amide bonds. The van der Waals surface area contributed by atoms with Crippen molar-refractivity contribution in [1.82, 2.24) is 10.4 Å². The summed E-state index contributed by atoms with van der Waals surface area (Å²) in [6.45, 7) is 9.67. The minimum atomic E-state index is -4.51. The Balaban J connectivity index is 1.29. The van der Waals surface area contributed by atoms with E-state index in [1.807, 2.05) is 13.0 Å². The summed E-state index contributed by atoms with van der Waals surface area (Å²) in [6.07, 6.45) is 11.3. The van der Waals surface area contributed by atoms with E-state index in [9.17, 15) is 34.1 Å². The highest BCUT2D eigenvalue weighted by atomic mass is 31.2. The number of fused-ring (bicyclic) bond motifs is 5. The number of ether oxygens (including phenoxy) is 1. The third kappa shape index (κ3) is 7.62. The number of amides is 1. The third-order valence-electron chi connectivity index (χ3n) is 12.1. The molecule has 0 aromatic carbocycles. The van der Waals surface area contributed by atoms with Gasteiger partial charge in [0.25, 0.3) is 0 Å². The molecule has 0 aliphatic heterocycles. The third-order valence-corrected chi connectivity index (χ3v) is 13.2. The number of carbonyl (C=O) groups is 3. The molecule has 276 valence electrons. The molecule has 5 N–H and O–H groups in total. The maximum Gasteiger partial charge on any atom is 0.403 e. The van der Waals surface area contributed by atoms with Gasteiger partial charge in [0.05, 0.1) is 12.2 Å². The van der Waals surface area contributed by atoms with Gasteiger partial charge < -0.3 is 25.2 Å². The number of carbonyl (C=O) groups excluding carboxylic acids is 3. The van der Waals surface area contributed by atoms with Gasteiger partial charge in [-0.05, 0) is 82.3 Å². The lowest BCUT2D eigenvalue weighted by atomic mass is 9.44. The summed E-state index contributed by atoms with van der Waals surface area (Å²) in [6, 6.07) is 0. The van der Waals surface area contributed by atoms with E-state index in [0.29, 0.717) is 24.8 Å². The molecule has 3 saturated carbocycles. The number of Topliss-reactive ketones (excluding diaryl/α,β-unsaturated/α-hetero) is 1. The van der Waals surface area contributed by atoms with E-state index >= 15 is 4.39 Å². The average molecular weight is 711 g/mol. The number of aliphatic hydroxyl groups is 2. The number of alkyl halides is 1. The monoisotopic (exact) mass is 710 g/mol. The van der Waals surface area contributed by atoms with Crippen molar-refractivity contribution in [3.8, 4) is 0 Å². The fraction of sp³-hybridized carbons (Fsp3) is 0.750. The van der Waals surface area contributed by atoms with Crippen molar-refractivity contribution in [3.63, 3.8) is 0 Å². The zero-order chi connectivity index (χ0) is 36.3. The summed E-state index contributed by atoms with van der Waals surface area (Å²) in [4.78, 5) is 48.4. The molecule has 0 radical (unpaired) electrons. The van der Waals surface area contributed by atoms with Crippen LogP contribution in [0.1, 0.15) is 91.9 Å². The minimum absolute atomic E-state index is 0.00649. The minimum Gasteiger partial charge on any atom is -0.390 e. The van der Waals surface area contributed by atoms with E-state index in [4.69, 9.17) is 9.26 Å². The highest BCUT2D eigenvalue weighted by molar-refractivity contribution is 7.50. The number of hydrogen-bond donors (Lipinski definition) is 5. The van der Waals surface area contributed by atoms with Crippen LogP contribution in [0, 0.1) is 28.6 Å². The average Bonchev–Trinajstić information content (AvgIpc) is 3.25. The second-order valence-corrected chi connectivity index (χ2v) is 16.5. The van der Waals surface area contributed by atoms with Gasteiger partial charge in [-0.1, -0.05) is 51.3 Å². The van der Waals surface area contributed by atoms with Crippen molar-refractivity contribution in [3.05, 3.63) is 36.5 Å². The zero-order valence-electron chi connectivity index (χ0n) is 29.4. The fourth-order valence-corrected chi connectivity index (χ4v) is 10.1. The first kappa shape index (κ1) is 39.7. The molecule has 10 atom stereocenters. The molecule has 0 bridgehead atoms. The van der Waals surface area contributed by atoms with Crippen LogP contribution in [-0.2, 0) is 28.2 Å². The van der Waals surface area contributed by atoms with E-state index in [0.717, 1.165) is 38.5 Å². The highest BCUT2D eigenvalue weighted by Crippen LogP contribution is 2.70. The van der Waals surface area contributed by atoms with E-state index in [-0.39, 0.29) is 43.9 Å². The van der Waals surface area contributed by atoms with Gasteiger partial charge in [-0.2, -0.15) is 0 Å². The first-order valence-electron chi connectivity index (χ1n) is 17.8. The van der Waals surface area contributed by atoms with E-state index in [1.165, 1.54) is 12.2 Å². The molecule has 0 saturated heterocycles. The fourth-order valence-electron chi connectivity index (χ4n) is 9.33. The summed E-state index contributed by atoms with van der Waals surface area (Å²) in [7, 11) is -4.51. The first-order chi connectivity index (χ1) is 23.0. The Kier molecular flexibility index (Phi) is 12.7. The van der Waals surface area contributed by atoms with Gasteiger partial charge in [-0.15, -0.1) is 6.58 Å². The van der Waals surface area contributed by atoms with Crippen LogP contribution in [0.3, 0.4) is 0 Å². The second-order valence-electron chi connectivity index (χ2n) is 14.9. The molecule has 0 aromatic rings. The first-order valence-corrected chi connectivity index (χ1v) is 19.4. The lowest BCUT2D eigenvalue weighted by Crippen LogP contribution is -2.69. The molecule has 0 heterocycles. The Hall–Kier alpha value is -2.05. The number of unbranched alkanes of at least 4 members (excludes halogenated alkanes) is 3. The number of aliphatic hydroxyl groups excluding tert-OH is 1. The Morgan fingerprint density at radius 2 is 1.94 bits per heavy atom. The van der Waals surface area contributed by atoms with Gasteiger partial charge in [0.1, 0.15) is 18.8 Å². The Bertz CT molecular complexity index is 1370. The van der Waals surface area contributed by atoms with E-state index < -0.39 is 66.1 Å². The lowest BCUT2D eigenvalue weighted by molar-refractivity contribution is -0.219. The number of hydrogen-bond acceptors (Lipinski definition) is 8. The van der Waals surface area contributed by atoms with Gasteiger partial charge in [0.15, 0.2) is 17.2 Å². The molecule has 0 spiro atoms. The molecule has 11 nitrogen and oxygen atoms in total. The topological polar surface area (TPSA) is 171 Å². The van der Waals surface area contributed by atoms with Crippen molar-refractivity contribution in [2.75, 3.05) is 26.3 Å². The SMILES string of the molecule is C=CCCCCCC(CC)OCC(=O)NCCNP(=O)(O)OCC(=O)[C@@]1(O)[C@H](C)C[C@H]2[C@@H]3CCC4=CC(=O)C=C[C@]4(C)[C@@]3(F)[C@@H](O)C[C@@]21C. The molecular weight excluding hydrogens is 654 g/mol. The van der Waals surface area contributed by atoms with Crippen LogP contribution in [0.15, 0.2) is 36.5 Å². The Morgan fingerprint density at radius 3 is 2.63 bits per heavy atom. The van der Waals surface area contributed by atoms with Crippen LogP contribution in [0.25, 0.3) is 0 Å². The molecular formula is C36H56FN2O9P. The summed E-state index contributed by atoms with van der Waals surface area (Å²) < 4.78 is 40.9. The van der Waals surface area contributed by atoms with Crippen molar-refractivity contribution in [2.24, 2.45) is 28.6 Å². The summed E-state index contributed by atoms with van der Waals surface area (Å²) in [5.41, 5.74) is -5.97. The van der Waals surface area contributed by atoms with Crippen molar-refractivity contribution in [2.45, 2.75) is 115 Å². The van der Waals surface area contributed by atoms with Crippen molar-refractivity contribution >= 4 is 25.2 Å². The standard InChI is InChI=1S/C36H56FN2O9P/c1-6-8-9-10-11-12-27(7-2)47-23-32(43)38-17-18-39-49(45,46)48-22-31(42)36(44)24(3)19-29-28-14-13-25-20-26(40)15-16-33(25,4)35(28,37)30(41)21-34(29,36)5/h6,15-16,20,24,27-30,41,44H,1,7-14,17-19,21-23H2,2-5H3,(H,38,43)(H2,39,45,46)/t24-,27?,28+,29+,30+,33+,34+,35+,36+/m1/s1. The van der Waals surface area contributed by atoms with Gasteiger partial charge in [-0.3, -0.25) is 18.9 Å². The number of rotatable bonds is 18. The van der Waals surface area contributed by atoms with Gasteiger partial charge >= 0.3 is 7.75 Å². The molecule has 13 heteroatoms. The molecule has 4 aliphatic carbocycles. The quantitative estimate of drug-likeness (QED) is 0.0766. The van der Waals surface area contributed by atoms with Crippen LogP contribution < -0.4 is 10.4 Å². The molecule has 4 aliphatic rings. The van der Waals surface area contributed by atoms with Crippen LogP contribution in [0.2, 0.25) is 0 Å². The predicted octanol–water partition coefficient (Wildman–Crippen LogP) is 4.66. The zero-order valence-corrected chi connectivity index (χ0v) is 30.3. The molecule has 2 unspecified atom stereocenters. The van der Waals surface area contributed by atoms with Crippen LogP contribution in [0.4, 0.5) is 4.39 Å². The molecule has 3 fully saturated rings. The Morgan fingerprint density at radius 1 is 1.20 bits per heavy atom. The Labute approximate surface area is 289 Å². The van der Waals surface area contributed by atoms with Crippen LogP contribution >= 0.6 is 7.75 Å². The molecule has 4 rings (SSSR count). The number of halogens is 1. The normalized spacial score (nSPS) is 36.9. The molecule has 49 heavy (non-hydrogen) atoms. The second kappa shape index (κ2) is 15.7. The lowest BCUT2D eigenvalue weighted by Gasteiger charge is -2.62.